The number of benzene rings is 1. The summed E-state index contributed by atoms with van der Waals surface area (Å²) in [6.45, 7) is 6.65. The van der Waals surface area contributed by atoms with Crippen LogP contribution in [0.5, 0.6) is 0 Å². The van der Waals surface area contributed by atoms with E-state index in [0.717, 1.165) is 16.5 Å². The van der Waals surface area contributed by atoms with E-state index in [1.54, 1.807) is 0 Å². The maximum atomic E-state index is 11.3. The molecule has 0 aliphatic rings. The molecular weight excluding hydrogens is 294 g/mol. The summed E-state index contributed by atoms with van der Waals surface area (Å²) in [5, 5.41) is 9.32. The molecule has 0 aliphatic carbocycles. The van der Waals surface area contributed by atoms with Gasteiger partial charge in [0.15, 0.2) is 0 Å². The highest BCUT2D eigenvalue weighted by Gasteiger charge is 2.22. The molecule has 0 saturated heterocycles. The molecule has 1 rings (SSSR count). The lowest BCUT2D eigenvalue weighted by Crippen LogP contribution is -2.35. The summed E-state index contributed by atoms with van der Waals surface area (Å²) in [5.41, 5.74) is 1.02. The van der Waals surface area contributed by atoms with E-state index < -0.39 is 6.09 Å². The van der Waals surface area contributed by atoms with Crippen LogP contribution in [0.4, 0.5) is 4.79 Å². The van der Waals surface area contributed by atoms with Crippen LogP contribution < -0.4 is 0 Å². The van der Waals surface area contributed by atoms with Gasteiger partial charge in [-0.2, -0.15) is 0 Å². The van der Waals surface area contributed by atoms with Gasteiger partial charge >= 0.3 is 6.09 Å². The zero-order valence-electron chi connectivity index (χ0n) is 11.1. The lowest BCUT2D eigenvalue weighted by molar-refractivity contribution is 0.119. The average Bonchev–Trinajstić information content (AvgIpc) is 2.35. The van der Waals surface area contributed by atoms with Crippen LogP contribution in [0.25, 0.3) is 0 Å². The zero-order valence-corrected chi connectivity index (χ0v) is 12.6. The van der Waals surface area contributed by atoms with Gasteiger partial charge in [0.2, 0.25) is 0 Å². The van der Waals surface area contributed by atoms with Gasteiger partial charge in [-0.25, -0.2) is 4.79 Å². The van der Waals surface area contributed by atoms with Gasteiger partial charge in [-0.1, -0.05) is 48.3 Å². The van der Waals surface area contributed by atoms with Gasteiger partial charge in [0.1, 0.15) is 0 Å². The molecule has 1 amide bonds. The number of amides is 1. The maximum Gasteiger partial charge on any atom is 0.407 e. The van der Waals surface area contributed by atoms with Crippen molar-refractivity contribution in [3.63, 3.8) is 0 Å². The van der Waals surface area contributed by atoms with Crippen LogP contribution in [-0.2, 0) is 0 Å². The number of carboxylic acid groups (broad SMARTS) is 1. The number of hydrogen-bond acceptors (Lipinski definition) is 1. The molecule has 0 aliphatic heterocycles. The van der Waals surface area contributed by atoms with Crippen molar-refractivity contribution < 1.29 is 9.90 Å². The fourth-order valence-electron chi connectivity index (χ4n) is 1.79. The van der Waals surface area contributed by atoms with Crippen LogP contribution in [0.15, 0.2) is 28.7 Å². The van der Waals surface area contributed by atoms with Crippen LogP contribution in [-0.4, -0.2) is 22.6 Å². The second-order valence-corrected chi connectivity index (χ2v) is 5.59. The van der Waals surface area contributed by atoms with Crippen molar-refractivity contribution in [3.8, 4) is 0 Å². The molecule has 0 fully saturated rings. The summed E-state index contributed by atoms with van der Waals surface area (Å²) < 4.78 is 1.00. The van der Waals surface area contributed by atoms with Crippen molar-refractivity contribution in [3.05, 3.63) is 34.3 Å². The Bertz CT molecular complexity index is 391. The third-order valence-electron chi connectivity index (χ3n) is 3.27. The van der Waals surface area contributed by atoms with Crippen LogP contribution in [0.3, 0.4) is 0 Å². The lowest BCUT2D eigenvalue weighted by atomic mass is 10.0. The predicted molar refractivity (Wildman–Crippen MR) is 76.7 cm³/mol. The highest BCUT2D eigenvalue weighted by Crippen LogP contribution is 2.23. The summed E-state index contributed by atoms with van der Waals surface area (Å²) in [7, 11) is 0. The van der Waals surface area contributed by atoms with Gasteiger partial charge in [-0.05, 0) is 30.5 Å². The molecule has 1 aromatic carbocycles. The highest BCUT2D eigenvalue weighted by atomic mass is 79.9. The molecule has 2 atom stereocenters. The molecule has 18 heavy (non-hydrogen) atoms. The molecule has 0 spiro atoms. The Labute approximate surface area is 117 Å². The van der Waals surface area contributed by atoms with Crippen molar-refractivity contribution in [2.24, 2.45) is 5.92 Å². The average molecular weight is 314 g/mol. The van der Waals surface area contributed by atoms with Crippen molar-refractivity contribution in [2.45, 2.75) is 33.2 Å². The normalized spacial score (nSPS) is 14.0. The summed E-state index contributed by atoms with van der Waals surface area (Å²) in [4.78, 5) is 12.9. The Morgan fingerprint density at radius 2 is 1.89 bits per heavy atom. The molecule has 1 N–H and O–H groups in total. The van der Waals surface area contributed by atoms with E-state index in [1.807, 2.05) is 31.2 Å². The smallest absolute Gasteiger partial charge is 0.407 e. The first kappa shape index (κ1) is 15.0. The van der Waals surface area contributed by atoms with E-state index in [2.05, 4.69) is 29.8 Å². The minimum atomic E-state index is -0.856. The van der Waals surface area contributed by atoms with E-state index in [4.69, 9.17) is 0 Å². The molecule has 1 aromatic rings. The topological polar surface area (TPSA) is 40.5 Å². The van der Waals surface area contributed by atoms with Gasteiger partial charge in [-0.15, -0.1) is 0 Å². The Hall–Kier alpha value is -1.03. The predicted octanol–water partition coefficient (Wildman–Crippen LogP) is 4.54. The van der Waals surface area contributed by atoms with Gasteiger partial charge in [0.05, 0.1) is 6.04 Å². The quantitative estimate of drug-likeness (QED) is 0.867. The summed E-state index contributed by atoms with van der Waals surface area (Å²) in [6.07, 6.45) is 0.127. The van der Waals surface area contributed by atoms with Gasteiger partial charge in [0.25, 0.3) is 0 Å². The Morgan fingerprint density at radius 1 is 1.33 bits per heavy atom. The van der Waals surface area contributed by atoms with Crippen molar-refractivity contribution in [2.75, 3.05) is 6.54 Å². The fourth-order valence-corrected chi connectivity index (χ4v) is 2.05. The lowest BCUT2D eigenvalue weighted by Gasteiger charge is -2.29. The molecule has 0 bridgehead atoms. The first-order chi connectivity index (χ1) is 8.45. The summed E-state index contributed by atoms with van der Waals surface area (Å²) in [6, 6.07) is 7.68. The number of rotatable bonds is 5. The molecular formula is C14H20BrNO2. The van der Waals surface area contributed by atoms with Crippen molar-refractivity contribution >= 4 is 22.0 Å². The first-order valence-electron chi connectivity index (χ1n) is 6.20. The highest BCUT2D eigenvalue weighted by molar-refractivity contribution is 9.10. The minimum Gasteiger partial charge on any atom is -0.465 e. The van der Waals surface area contributed by atoms with Crippen LogP contribution in [0.1, 0.15) is 38.8 Å². The molecule has 1 unspecified atom stereocenters. The van der Waals surface area contributed by atoms with Gasteiger partial charge < -0.3 is 10.0 Å². The van der Waals surface area contributed by atoms with Crippen molar-refractivity contribution in [1.29, 1.82) is 0 Å². The van der Waals surface area contributed by atoms with Gasteiger partial charge in [0, 0.05) is 11.0 Å². The minimum absolute atomic E-state index is 0.121. The first-order valence-corrected chi connectivity index (χ1v) is 7.00. The molecule has 0 heterocycles. The zero-order chi connectivity index (χ0) is 13.7. The molecule has 0 saturated carbocycles. The van der Waals surface area contributed by atoms with Crippen molar-refractivity contribution in [1.82, 2.24) is 4.90 Å². The monoisotopic (exact) mass is 313 g/mol. The van der Waals surface area contributed by atoms with E-state index in [1.165, 1.54) is 4.90 Å². The van der Waals surface area contributed by atoms with E-state index in [9.17, 15) is 9.90 Å². The maximum absolute atomic E-state index is 11.3. The third kappa shape index (κ3) is 4.02. The summed E-state index contributed by atoms with van der Waals surface area (Å²) >= 11 is 3.38. The second-order valence-electron chi connectivity index (χ2n) is 4.68. The van der Waals surface area contributed by atoms with Gasteiger partial charge in [-0.3, -0.25) is 0 Å². The Kier molecular flexibility index (Phi) is 5.66. The fraction of sp³-hybridized carbons (Fsp3) is 0.500. The van der Waals surface area contributed by atoms with Crippen LogP contribution >= 0.6 is 15.9 Å². The Balaban J connectivity index is 2.85. The molecule has 4 heteroatoms. The standard InChI is InChI=1S/C14H20BrNO2/c1-4-10(2)9-16(14(17)18)11(3)12-5-7-13(15)8-6-12/h5-8,10-11H,4,9H2,1-3H3,(H,17,18)/t10?,11-/m1/s1. The SMILES string of the molecule is CCC(C)CN(C(=O)O)[C@H](C)c1ccc(Br)cc1. The number of hydrogen-bond donors (Lipinski definition) is 1. The van der Waals surface area contributed by atoms with E-state index in [-0.39, 0.29) is 6.04 Å². The second kappa shape index (κ2) is 6.78. The van der Waals surface area contributed by atoms with E-state index in [0.29, 0.717) is 12.5 Å². The molecule has 3 nitrogen and oxygen atoms in total. The number of halogens is 1. The largest absolute Gasteiger partial charge is 0.465 e. The number of carbonyl (C=O) groups is 1. The Morgan fingerprint density at radius 3 is 2.33 bits per heavy atom. The van der Waals surface area contributed by atoms with Crippen LogP contribution in [0, 0.1) is 5.92 Å². The van der Waals surface area contributed by atoms with E-state index >= 15 is 0 Å². The molecule has 0 aromatic heterocycles. The van der Waals surface area contributed by atoms with Crippen LogP contribution in [0.2, 0.25) is 0 Å². The molecule has 0 radical (unpaired) electrons. The summed E-state index contributed by atoms with van der Waals surface area (Å²) in [5.74, 6) is 0.374. The third-order valence-corrected chi connectivity index (χ3v) is 3.80. The molecule has 100 valence electrons. The number of nitrogens with zero attached hydrogens (tertiary/aromatic N) is 1.